The van der Waals surface area contributed by atoms with Crippen molar-refractivity contribution >= 4 is 0 Å². The lowest BCUT2D eigenvalue weighted by atomic mass is 10.1. The molecule has 9 heteroatoms. The normalized spacial score (nSPS) is 14.0. The lowest BCUT2D eigenvalue weighted by molar-refractivity contribution is -0.141. The molecule has 2 aliphatic heterocycles. The molecule has 0 amide bonds. The third-order valence-corrected chi connectivity index (χ3v) is 7.48. The smallest absolute Gasteiger partial charge is 0.435 e. The van der Waals surface area contributed by atoms with E-state index in [0.29, 0.717) is 49.1 Å². The van der Waals surface area contributed by atoms with Gasteiger partial charge in [-0.25, -0.2) is 4.98 Å². The van der Waals surface area contributed by atoms with E-state index in [4.69, 9.17) is 14.2 Å². The molecule has 214 valence electrons. The molecule has 2 aliphatic rings. The molecule has 1 aromatic heterocycles. The second-order valence-electron chi connectivity index (χ2n) is 10.5. The Kier molecular flexibility index (Phi) is 7.62. The molecule has 41 heavy (non-hydrogen) atoms. The number of ether oxygens (including phenoxy) is 3. The summed E-state index contributed by atoms with van der Waals surface area (Å²) >= 11 is 0. The number of hydrogen-bond acceptors (Lipinski definition) is 5. The molecule has 3 aromatic carbocycles. The maximum Gasteiger partial charge on any atom is 0.435 e. The van der Waals surface area contributed by atoms with Crippen molar-refractivity contribution in [2.45, 2.75) is 58.5 Å². The van der Waals surface area contributed by atoms with Gasteiger partial charge in [-0.1, -0.05) is 61.9 Å². The first-order chi connectivity index (χ1) is 19.9. The molecule has 6 nitrogen and oxygen atoms in total. The molecular formula is C32H32F3N3O3. The summed E-state index contributed by atoms with van der Waals surface area (Å²) in [6.45, 7) is 4.24. The second-order valence-corrected chi connectivity index (χ2v) is 10.5. The van der Waals surface area contributed by atoms with Gasteiger partial charge in [0.15, 0.2) is 17.2 Å². The highest BCUT2D eigenvalue weighted by Crippen LogP contribution is 2.37. The number of imidazole rings is 1. The van der Waals surface area contributed by atoms with Crippen molar-refractivity contribution < 1.29 is 27.4 Å². The van der Waals surface area contributed by atoms with Gasteiger partial charge in [0.05, 0.1) is 12.3 Å². The van der Waals surface area contributed by atoms with E-state index in [1.807, 2.05) is 72.5 Å². The molecule has 0 spiro atoms. The number of alkyl halides is 3. The van der Waals surface area contributed by atoms with Crippen molar-refractivity contribution in [2.24, 2.45) is 0 Å². The Morgan fingerprint density at radius 3 is 2.34 bits per heavy atom. The van der Waals surface area contributed by atoms with Crippen LogP contribution < -0.4 is 14.2 Å². The average Bonchev–Trinajstić information content (AvgIpc) is 3.70. The zero-order chi connectivity index (χ0) is 28.4. The van der Waals surface area contributed by atoms with Crippen molar-refractivity contribution in [1.82, 2.24) is 14.5 Å². The van der Waals surface area contributed by atoms with Crippen LogP contribution in [0.5, 0.6) is 17.2 Å². The van der Waals surface area contributed by atoms with Gasteiger partial charge in [0, 0.05) is 38.2 Å². The lowest BCUT2D eigenvalue weighted by Crippen LogP contribution is -2.26. The number of rotatable bonds is 10. The third-order valence-electron chi connectivity index (χ3n) is 7.48. The summed E-state index contributed by atoms with van der Waals surface area (Å²) in [7, 11) is 0. The molecule has 0 fully saturated rings. The van der Waals surface area contributed by atoms with E-state index < -0.39 is 11.9 Å². The lowest BCUT2D eigenvalue weighted by Gasteiger charge is -2.25. The molecule has 0 saturated heterocycles. The molecule has 0 aliphatic carbocycles. The quantitative estimate of drug-likeness (QED) is 0.204. The molecule has 0 N–H and O–H groups in total. The van der Waals surface area contributed by atoms with Gasteiger partial charge in [0.1, 0.15) is 11.6 Å². The molecule has 0 bridgehead atoms. The topological polar surface area (TPSA) is 48.8 Å². The van der Waals surface area contributed by atoms with E-state index in [1.165, 1.54) is 0 Å². The number of benzene rings is 3. The van der Waals surface area contributed by atoms with E-state index >= 15 is 0 Å². The van der Waals surface area contributed by atoms with Gasteiger partial charge in [-0.15, -0.1) is 0 Å². The van der Waals surface area contributed by atoms with Crippen molar-refractivity contribution in [3.63, 3.8) is 0 Å². The van der Waals surface area contributed by atoms with Gasteiger partial charge in [0.2, 0.25) is 6.79 Å². The molecular weight excluding hydrogens is 531 g/mol. The van der Waals surface area contributed by atoms with Crippen LogP contribution in [-0.4, -0.2) is 27.9 Å². The minimum atomic E-state index is -4.59. The first-order valence-electron chi connectivity index (χ1n) is 14.0. The zero-order valence-corrected chi connectivity index (χ0v) is 22.9. The van der Waals surface area contributed by atoms with Crippen LogP contribution in [0.1, 0.15) is 47.8 Å². The fourth-order valence-corrected chi connectivity index (χ4v) is 5.51. The Morgan fingerprint density at radius 1 is 0.854 bits per heavy atom. The summed E-state index contributed by atoms with van der Waals surface area (Å²) in [5, 5.41) is 0. The SMILES string of the molecule is CCCCn1c(-c2ccccc2)nc(C(F)(F)F)c1CN(Cc1ccc2c(c1)CCO2)Cc1ccc2c(c1)OCO2. The summed E-state index contributed by atoms with van der Waals surface area (Å²) in [4.78, 5) is 6.26. The van der Waals surface area contributed by atoms with Crippen LogP contribution in [0.2, 0.25) is 0 Å². The number of aromatic nitrogens is 2. The maximum atomic E-state index is 14.5. The molecule has 4 aromatic rings. The van der Waals surface area contributed by atoms with Gasteiger partial charge in [-0.2, -0.15) is 13.2 Å². The van der Waals surface area contributed by atoms with E-state index in [1.54, 1.807) is 4.57 Å². The highest BCUT2D eigenvalue weighted by molar-refractivity contribution is 5.57. The fraction of sp³-hybridized carbons (Fsp3) is 0.344. The van der Waals surface area contributed by atoms with Crippen molar-refractivity contribution in [3.8, 4) is 28.6 Å². The number of unbranched alkanes of at least 4 members (excludes halogenated alkanes) is 1. The molecule has 0 unspecified atom stereocenters. The summed E-state index contributed by atoms with van der Waals surface area (Å²) in [6, 6.07) is 20.9. The molecule has 6 rings (SSSR count). The fourth-order valence-electron chi connectivity index (χ4n) is 5.51. The van der Waals surface area contributed by atoms with E-state index in [0.717, 1.165) is 41.7 Å². The number of fused-ring (bicyclic) bond motifs is 2. The minimum absolute atomic E-state index is 0.0699. The Balaban J connectivity index is 1.40. The predicted octanol–water partition coefficient (Wildman–Crippen LogP) is 7.24. The summed E-state index contributed by atoms with van der Waals surface area (Å²) in [6.07, 6.45) is -2.17. The van der Waals surface area contributed by atoms with Gasteiger partial charge in [-0.05, 0) is 41.3 Å². The van der Waals surface area contributed by atoms with E-state index in [-0.39, 0.29) is 19.0 Å². The Morgan fingerprint density at radius 2 is 1.59 bits per heavy atom. The van der Waals surface area contributed by atoms with Crippen LogP contribution in [0.4, 0.5) is 13.2 Å². The van der Waals surface area contributed by atoms with E-state index in [2.05, 4.69) is 11.1 Å². The van der Waals surface area contributed by atoms with Crippen LogP contribution in [-0.2, 0) is 38.8 Å². The highest BCUT2D eigenvalue weighted by atomic mass is 19.4. The third kappa shape index (κ3) is 5.91. The first-order valence-corrected chi connectivity index (χ1v) is 14.0. The summed E-state index contributed by atoms with van der Waals surface area (Å²) < 4.78 is 62.1. The van der Waals surface area contributed by atoms with Crippen LogP contribution in [0.25, 0.3) is 11.4 Å². The van der Waals surface area contributed by atoms with Crippen molar-refractivity contribution in [3.05, 3.63) is 94.8 Å². The number of halogens is 3. The van der Waals surface area contributed by atoms with Crippen LogP contribution >= 0.6 is 0 Å². The Hall–Kier alpha value is -3.98. The van der Waals surface area contributed by atoms with Crippen molar-refractivity contribution in [1.29, 1.82) is 0 Å². The van der Waals surface area contributed by atoms with Gasteiger partial charge < -0.3 is 18.8 Å². The predicted molar refractivity (Wildman–Crippen MR) is 149 cm³/mol. The van der Waals surface area contributed by atoms with Crippen LogP contribution in [0.3, 0.4) is 0 Å². The standard InChI is InChI=1S/C32H32F3N3O3/c1-2-3-14-38-26(30(32(33,34)35)36-31(38)24-7-5-4-6-8-24)20-37(18-22-9-11-27-25(16-22)13-15-39-27)19-23-10-12-28-29(17-23)41-21-40-28/h4-12,16-17H,2-3,13-15,18-21H2,1H3. The maximum absolute atomic E-state index is 14.5. The molecule has 0 atom stereocenters. The highest BCUT2D eigenvalue weighted by Gasteiger charge is 2.39. The molecule has 3 heterocycles. The first kappa shape index (κ1) is 27.2. The zero-order valence-electron chi connectivity index (χ0n) is 22.9. The molecule has 0 radical (unpaired) electrons. The number of hydrogen-bond donors (Lipinski definition) is 0. The van der Waals surface area contributed by atoms with Crippen molar-refractivity contribution in [2.75, 3.05) is 13.4 Å². The Bertz CT molecular complexity index is 1460. The van der Waals surface area contributed by atoms with E-state index in [9.17, 15) is 13.2 Å². The number of nitrogens with zero attached hydrogens (tertiary/aromatic N) is 3. The largest absolute Gasteiger partial charge is 0.493 e. The summed E-state index contributed by atoms with van der Waals surface area (Å²) in [5.41, 5.74) is 3.09. The van der Waals surface area contributed by atoms with Gasteiger partial charge in [-0.3, -0.25) is 4.90 Å². The monoisotopic (exact) mass is 563 g/mol. The second kappa shape index (κ2) is 11.5. The van der Waals surface area contributed by atoms with Crippen LogP contribution in [0, 0.1) is 0 Å². The minimum Gasteiger partial charge on any atom is -0.493 e. The summed E-state index contributed by atoms with van der Waals surface area (Å²) in [5.74, 6) is 2.54. The average molecular weight is 564 g/mol. The van der Waals surface area contributed by atoms with Gasteiger partial charge in [0.25, 0.3) is 0 Å². The molecule has 0 saturated carbocycles. The van der Waals surface area contributed by atoms with Gasteiger partial charge >= 0.3 is 6.18 Å². The van der Waals surface area contributed by atoms with Crippen LogP contribution in [0.15, 0.2) is 66.7 Å². The Labute approximate surface area is 237 Å².